The van der Waals surface area contributed by atoms with Crippen LogP contribution in [0.2, 0.25) is 10.0 Å². The molecule has 0 saturated heterocycles. The van der Waals surface area contributed by atoms with Gasteiger partial charge < -0.3 is 9.73 Å². The van der Waals surface area contributed by atoms with Crippen molar-refractivity contribution in [2.24, 2.45) is 0 Å². The fourth-order valence-corrected chi connectivity index (χ4v) is 2.94. The largest absolute Gasteiger partial charge is 0.444 e. The van der Waals surface area contributed by atoms with Crippen LogP contribution in [0.1, 0.15) is 16.1 Å². The minimum atomic E-state index is -0.366. The molecule has 0 spiro atoms. The number of nitrogens with zero attached hydrogens (tertiary/aromatic N) is 1. The summed E-state index contributed by atoms with van der Waals surface area (Å²) in [7, 11) is 0. The summed E-state index contributed by atoms with van der Waals surface area (Å²) in [6.07, 6.45) is 1.30. The third-order valence-electron chi connectivity index (χ3n) is 3.28. The summed E-state index contributed by atoms with van der Waals surface area (Å²) < 4.78 is 6.16. The number of carbonyl (C=O) groups is 1. The molecule has 122 valence electrons. The Bertz CT molecular complexity index is 925. The van der Waals surface area contributed by atoms with Gasteiger partial charge in [0.25, 0.3) is 5.91 Å². The number of aryl methyl sites for hydroxylation is 1. The van der Waals surface area contributed by atoms with Gasteiger partial charge in [-0.2, -0.15) is 0 Å². The van der Waals surface area contributed by atoms with E-state index in [0.29, 0.717) is 27.2 Å². The summed E-state index contributed by atoms with van der Waals surface area (Å²) in [4.78, 5) is 16.5. The molecular weight excluding hydrogens is 415 g/mol. The molecule has 0 aliphatic carbocycles. The van der Waals surface area contributed by atoms with Crippen molar-refractivity contribution in [2.75, 3.05) is 5.32 Å². The average Bonchev–Trinajstić information content (AvgIpc) is 3.03. The number of oxazole rings is 1. The fourth-order valence-electron chi connectivity index (χ4n) is 2.05. The van der Waals surface area contributed by atoms with E-state index in [-0.39, 0.29) is 11.6 Å². The van der Waals surface area contributed by atoms with Crippen LogP contribution in [-0.4, -0.2) is 10.9 Å². The summed E-state index contributed by atoms with van der Waals surface area (Å²) in [5.41, 5.74) is 2.55. The van der Waals surface area contributed by atoms with Crippen molar-refractivity contribution in [3.05, 3.63) is 68.4 Å². The van der Waals surface area contributed by atoms with Crippen LogP contribution < -0.4 is 5.32 Å². The molecule has 1 heterocycles. The number of halogens is 3. The molecule has 4 nitrogen and oxygen atoms in total. The number of amides is 1. The highest BCUT2D eigenvalue weighted by molar-refractivity contribution is 9.10. The summed E-state index contributed by atoms with van der Waals surface area (Å²) in [6.45, 7) is 1.97. The Hall–Kier alpha value is -1.82. The molecule has 7 heteroatoms. The highest BCUT2D eigenvalue weighted by Gasteiger charge is 2.15. The van der Waals surface area contributed by atoms with Gasteiger partial charge in [-0.15, -0.1) is 0 Å². The summed E-state index contributed by atoms with van der Waals surface area (Å²) in [6, 6.07) is 10.6. The van der Waals surface area contributed by atoms with Crippen molar-refractivity contribution in [1.82, 2.24) is 4.98 Å². The lowest BCUT2D eigenvalue weighted by molar-refractivity contribution is 0.102. The Morgan fingerprint density at radius 1 is 1.17 bits per heavy atom. The van der Waals surface area contributed by atoms with E-state index in [1.54, 1.807) is 18.2 Å². The van der Waals surface area contributed by atoms with E-state index in [2.05, 4.69) is 26.2 Å². The maximum Gasteiger partial charge on any atom is 0.277 e. The van der Waals surface area contributed by atoms with Crippen LogP contribution >= 0.6 is 39.1 Å². The van der Waals surface area contributed by atoms with Crippen molar-refractivity contribution in [2.45, 2.75) is 6.92 Å². The Kier molecular flexibility index (Phi) is 4.94. The quantitative estimate of drug-likeness (QED) is 0.562. The number of nitrogens with one attached hydrogen (secondary N) is 1. The lowest BCUT2D eigenvalue weighted by Crippen LogP contribution is -2.12. The molecule has 0 aliphatic rings. The van der Waals surface area contributed by atoms with Crippen LogP contribution in [0, 0.1) is 6.92 Å². The Morgan fingerprint density at radius 2 is 1.96 bits per heavy atom. The summed E-state index contributed by atoms with van der Waals surface area (Å²) >= 11 is 15.3. The number of rotatable bonds is 3. The third-order valence-corrected chi connectivity index (χ3v) is 4.67. The second-order valence-electron chi connectivity index (χ2n) is 5.10. The van der Waals surface area contributed by atoms with E-state index < -0.39 is 0 Å². The second kappa shape index (κ2) is 6.97. The van der Waals surface area contributed by atoms with Crippen molar-refractivity contribution in [1.29, 1.82) is 0 Å². The molecule has 2 aromatic carbocycles. The number of carbonyl (C=O) groups excluding carboxylic acids is 1. The normalized spacial score (nSPS) is 10.7. The number of hydrogen-bond acceptors (Lipinski definition) is 3. The van der Waals surface area contributed by atoms with Gasteiger partial charge in [0.05, 0.1) is 15.7 Å². The average molecular weight is 426 g/mol. The van der Waals surface area contributed by atoms with E-state index in [4.69, 9.17) is 27.6 Å². The molecule has 0 radical (unpaired) electrons. The number of anilines is 1. The van der Waals surface area contributed by atoms with Crippen LogP contribution in [0.3, 0.4) is 0 Å². The highest BCUT2D eigenvalue weighted by atomic mass is 79.9. The Balaban J connectivity index is 1.82. The maximum atomic E-state index is 12.3. The van der Waals surface area contributed by atoms with E-state index in [0.717, 1.165) is 10.0 Å². The first-order valence-corrected chi connectivity index (χ1v) is 8.47. The van der Waals surface area contributed by atoms with Crippen LogP contribution in [0.4, 0.5) is 5.69 Å². The molecule has 0 bridgehead atoms. The van der Waals surface area contributed by atoms with Gasteiger partial charge in [-0.25, -0.2) is 4.98 Å². The zero-order valence-electron chi connectivity index (χ0n) is 12.4. The molecular formula is C17H11BrCl2N2O2. The van der Waals surface area contributed by atoms with Crippen LogP contribution in [-0.2, 0) is 0 Å². The molecule has 0 saturated carbocycles. The van der Waals surface area contributed by atoms with Crippen molar-refractivity contribution in [3.63, 3.8) is 0 Å². The first-order chi connectivity index (χ1) is 11.4. The van der Waals surface area contributed by atoms with Gasteiger partial charge in [-0.05, 0) is 58.7 Å². The van der Waals surface area contributed by atoms with Gasteiger partial charge >= 0.3 is 0 Å². The smallest absolute Gasteiger partial charge is 0.277 e. The monoisotopic (exact) mass is 424 g/mol. The number of benzene rings is 2. The molecule has 0 unspecified atom stereocenters. The molecule has 1 N–H and O–H groups in total. The zero-order chi connectivity index (χ0) is 17.3. The van der Waals surface area contributed by atoms with Crippen molar-refractivity contribution < 1.29 is 9.21 Å². The second-order valence-corrected chi connectivity index (χ2v) is 6.77. The topological polar surface area (TPSA) is 55.1 Å². The molecule has 1 amide bonds. The fraction of sp³-hybridized carbons (Fsp3) is 0.0588. The lowest BCUT2D eigenvalue weighted by Gasteiger charge is -2.06. The standard InChI is InChI=1S/C17H11BrCl2N2O2/c1-9-2-5-14(11(18)6-9)21-16(23)15-8-24-17(22-15)10-3-4-12(19)13(20)7-10/h2-8H,1H3,(H,21,23). The summed E-state index contributed by atoms with van der Waals surface area (Å²) in [5, 5.41) is 3.61. The molecule has 0 atom stereocenters. The Labute approximate surface area is 156 Å². The van der Waals surface area contributed by atoms with Gasteiger partial charge in [-0.3, -0.25) is 4.79 Å². The van der Waals surface area contributed by atoms with Crippen molar-refractivity contribution in [3.8, 4) is 11.5 Å². The molecule has 24 heavy (non-hydrogen) atoms. The lowest BCUT2D eigenvalue weighted by atomic mass is 10.2. The van der Waals surface area contributed by atoms with E-state index in [1.807, 2.05) is 25.1 Å². The van der Waals surface area contributed by atoms with Crippen molar-refractivity contribution >= 4 is 50.7 Å². The zero-order valence-corrected chi connectivity index (χ0v) is 15.5. The minimum Gasteiger partial charge on any atom is -0.444 e. The third kappa shape index (κ3) is 3.64. The van der Waals surface area contributed by atoms with Crippen LogP contribution in [0.5, 0.6) is 0 Å². The first-order valence-electron chi connectivity index (χ1n) is 6.92. The predicted octanol–water partition coefficient (Wildman–Crippen LogP) is 5.97. The van der Waals surface area contributed by atoms with Crippen LogP contribution in [0.25, 0.3) is 11.5 Å². The first kappa shape index (κ1) is 17.0. The van der Waals surface area contributed by atoms with Gasteiger partial charge in [0.15, 0.2) is 5.69 Å². The predicted molar refractivity (Wildman–Crippen MR) is 98.8 cm³/mol. The van der Waals surface area contributed by atoms with Gasteiger partial charge in [0, 0.05) is 10.0 Å². The van der Waals surface area contributed by atoms with Crippen LogP contribution in [0.15, 0.2) is 51.6 Å². The van der Waals surface area contributed by atoms with Gasteiger partial charge in [-0.1, -0.05) is 29.3 Å². The molecule has 0 aliphatic heterocycles. The SMILES string of the molecule is Cc1ccc(NC(=O)c2coc(-c3ccc(Cl)c(Cl)c3)n2)c(Br)c1. The van der Waals surface area contributed by atoms with Gasteiger partial charge in [0.1, 0.15) is 6.26 Å². The van der Waals surface area contributed by atoms with Gasteiger partial charge in [0.2, 0.25) is 5.89 Å². The number of aromatic nitrogens is 1. The molecule has 0 fully saturated rings. The minimum absolute atomic E-state index is 0.170. The Morgan fingerprint density at radius 3 is 2.67 bits per heavy atom. The highest BCUT2D eigenvalue weighted by Crippen LogP contribution is 2.28. The van der Waals surface area contributed by atoms with E-state index in [9.17, 15) is 4.79 Å². The van der Waals surface area contributed by atoms with E-state index >= 15 is 0 Å². The molecule has 3 rings (SSSR count). The molecule has 3 aromatic rings. The summed E-state index contributed by atoms with van der Waals surface area (Å²) in [5.74, 6) is -0.0729. The maximum absolute atomic E-state index is 12.3. The number of hydrogen-bond donors (Lipinski definition) is 1. The molecule has 1 aromatic heterocycles. The van der Waals surface area contributed by atoms with E-state index in [1.165, 1.54) is 6.26 Å².